The summed E-state index contributed by atoms with van der Waals surface area (Å²) in [4.78, 5) is -2.88. The first kappa shape index (κ1) is 34.0. The zero-order valence-electron chi connectivity index (χ0n) is 22.6. The molecule has 238 valence electrons. The van der Waals surface area contributed by atoms with Crippen LogP contribution in [0.4, 0.5) is 45.8 Å². The van der Waals surface area contributed by atoms with Gasteiger partial charge in [-0.05, 0) is 61.9 Å². The van der Waals surface area contributed by atoms with Crippen LogP contribution in [0.2, 0.25) is 0 Å². The summed E-state index contributed by atoms with van der Waals surface area (Å²) in [6.07, 6.45) is -3.60. The van der Waals surface area contributed by atoms with Gasteiger partial charge in [0.25, 0.3) is 0 Å². The van der Waals surface area contributed by atoms with Crippen LogP contribution < -0.4 is 4.74 Å². The van der Waals surface area contributed by atoms with Gasteiger partial charge in [-0.15, -0.1) is 0 Å². The summed E-state index contributed by atoms with van der Waals surface area (Å²) in [6.45, 7) is 2.09. The molecule has 0 N–H and O–H groups in total. The molecule has 0 aromatic heterocycles. The molecular formula is C28H31F11O2S. The second kappa shape index (κ2) is 11.9. The van der Waals surface area contributed by atoms with Crippen LogP contribution in [-0.4, -0.2) is 12.2 Å². The number of rotatable bonds is 14. The molecule has 0 saturated carbocycles. The third-order valence-electron chi connectivity index (χ3n) is 6.78. The Kier molecular flexibility index (Phi) is 9.63. The number of halogens is 11. The zero-order chi connectivity index (χ0) is 31.5. The summed E-state index contributed by atoms with van der Waals surface area (Å²) in [6, 6.07) is 2.80. The summed E-state index contributed by atoms with van der Waals surface area (Å²) in [5.41, 5.74) is -1.22. The minimum absolute atomic E-state index is 0.119. The molecule has 0 fully saturated rings. The number of ether oxygens (including phenoxy) is 2. The highest BCUT2D eigenvalue weighted by molar-refractivity contribution is 8.45. The molecule has 0 aliphatic heterocycles. The van der Waals surface area contributed by atoms with E-state index in [1.807, 2.05) is 0 Å². The van der Waals surface area contributed by atoms with E-state index >= 15 is 0 Å². The molecule has 0 amide bonds. The Bertz CT molecular complexity index is 1280. The molecule has 1 unspecified atom stereocenters. The van der Waals surface area contributed by atoms with Gasteiger partial charge in [0.15, 0.2) is 0 Å². The van der Waals surface area contributed by atoms with Crippen molar-refractivity contribution in [2.24, 2.45) is 0 Å². The van der Waals surface area contributed by atoms with Crippen LogP contribution >= 0.6 is 10.2 Å². The molecule has 1 aliphatic rings. The van der Waals surface area contributed by atoms with Gasteiger partial charge >= 0.3 is 22.4 Å². The average molecular weight is 641 g/mol. The molecule has 42 heavy (non-hydrogen) atoms. The van der Waals surface area contributed by atoms with Crippen molar-refractivity contribution >= 4 is 10.2 Å². The standard InChI is InChI=1S/C28H31F11O2S/c1-2-3-4-5-6-7-8-19-9-15-23(24(29)17-19)28(33,34)40-21-12-10-20(11-13-21)27(31,32)41-22-14-16-26(25(30)18-22)42(35,36,37,38)39/h9-10,14-18,21H,2-8,11-13H2,1H3. The summed E-state index contributed by atoms with van der Waals surface area (Å²) >= 11 is 0. The Hall–Kier alpha value is -2.48. The lowest BCUT2D eigenvalue weighted by molar-refractivity contribution is -0.275. The fraction of sp³-hybridized carbons (Fsp3) is 0.500. The third-order valence-corrected chi connectivity index (χ3v) is 7.94. The molecule has 0 bridgehead atoms. The van der Waals surface area contributed by atoms with Crippen LogP contribution in [0.25, 0.3) is 0 Å². The Morgan fingerprint density at radius 3 is 2.05 bits per heavy atom. The molecule has 0 radical (unpaired) electrons. The van der Waals surface area contributed by atoms with Gasteiger partial charge in [-0.25, -0.2) is 8.78 Å². The van der Waals surface area contributed by atoms with Gasteiger partial charge in [0.2, 0.25) is 0 Å². The predicted octanol–water partition coefficient (Wildman–Crippen LogP) is 11.7. The van der Waals surface area contributed by atoms with Gasteiger partial charge in [-0.2, -0.15) is 17.6 Å². The summed E-state index contributed by atoms with van der Waals surface area (Å²) < 4.78 is 160. The molecule has 1 aliphatic carbocycles. The third kappa shape index (κ3) is 9.26. The number of hydrogen-bond acceptors (Lipinski definition) is 2. The minimum Gasteiger partial charge on any atom is -0.429 e. The van der Waals surface area contributed by atoms with Crippen molar-refractivity contribution in [1.29, 1.82) is 0 Å². The van der Waals surface area contributed by atoms with Crippen LogP contribution in [0.3, 0.4) is 0 Å². The van der Waals surface area contributed by atoms with Crippen LogP contribution in [0.15, 0.2) is 52.9 Å². The largest absolute Gasteiger partial charge is 0.429 e. The number of alkyl halides is 4. The molecule has 2 aromatic rings. The van der Waals surface area contributed by atoms with Crippen LogP contribution in [-0.2, 0) is 17.3 Å². The highest BCUT2D eigenvalue weighted by Gasteiger charge is 2.67. The number of benzene rings is 2. The maximum atomic E-state index is 14.8. The highest BCUT2D eigenvalue weighted by Crippen LogP contribution is 3.02. The predicted molar refractivity (Wildman–Crippen MR) is 138 cm³/mol. The maximum absolute atomic E-state index is 14.8. The Balaban J connectivity index is 1.60. The molecule has 2 aromatic carbocycles. The van der Waals surface area contributed by atoms with Gasteiger partial charge in [-0.1, -0.05) is 70.6 Å². The van der Waals surface area contributed by atoms with E-state index in [2.05, 4.69) is 11.7 Å². The van der Waals surface area contributed by atoms with Crippen molar-refractivity contribution in [2.45, 2.75) is 94.3 Å². The molecule has 2 nitrogen and oxygen atoms in total. The maximum Gasteiger partial charge on any atom is 0.422 e. The quantitative estimate of drug-likeness (QED) is 0.116. The Morgan fingerprint density at radius 2 is 1.48 bits per heavy atom. The lowest BCUT2D eigenvalue weighted by atomic mass is 9.96. The molecule has 0 spiro atoms. The fourth-order valence-corrected chi connectivity index (χ4v) is 5.34. The zero-order valence-corrected chi connectivity index (χ0v) is 23.4. The fourth-order valence-electron chi connectivity index (χ4n) is 4.59. The van der Waals surface area contributed by atoms with Gasteiger partial charge < -0.3 is 9.47 Å². The highest BCUT2D eigenvalue weighted by atomic mass is 32.5. The van der Waals surface area contributed by atoms with Gasteiger partial charge in [0.1, 0.15) is 22.3 Å². The summed E-state index contributed by atoms with van der Waals surface area (Å²) in [5.74, 6) is -4.83. The van der Waals surface area contributed by atoms with Gasteiger partial charge in [0.05, 0.1) is 11.7 Å². The topological polar surface area (TPSA) is 18.5 Å². The van der Waals surface area contributed by atoms with Crippen molar-refractivity contribution in [3.63, 3.8) is 0 Å². The molecule has 1 atom stereocenters. The van der Waals surface area contributed by atoms with E-state index in [0.717, 1.165) is 56.7 Å². The van der Waals surface area contributed by atoms with E-state index in [4.69, 9.17) is 4.74 Å². The van der Waals surface area contributed by atoms with Crippen molar-refractivity contribution in [2.75, 3.05) is 0 Å². The van der Waals surface area contributed by atoms with E-state index in [0.29, 0.717) is 12.0 Å². The molecule has 14 heteroatoms. The lowest BCUT2D eigenvalue weighted by Gasteiger charge is -2.40. The normalized spacial score (nSPS) is 18.3. The first-order valence-electron chi connectivity index (χ1n) is 13.4. The first-order chi connectivity index (χ1) is 19.2. The van der Waals surface area contributed by atoms with Crippen LogP contribution in [0.5, 0.6) is 5.75 Å². The molecule has 0 heterocycles. The minimum atomic E-state index is -10.4. The average Bonchev–Trinajstić information content (AvgIpc) is 2.84. The summed E-state index contributed by atoms with van der Waals surface area (Å²) in [5, 5.41) is 0. The van der Waals surface area contributed by atoms with Gasteiger partial charge in [-0.3, -0.25) is 0 Å². The molecular weight excluding hydrogens is 609 g/mol. The van der Waals surface area contributed by atoms with Gasteiger partial charge in [0, 0.05) is 11.6 Å². The molecule has 3 rings (SSSR count). The van der Waals surface area contributed by atoms with E-state index < -0.39 is 80.9 Å². The van der Waals surface area contributed by atoms with Crippen molar-refractivity contribution < 1.29 is 55.2 Å². The number of aryl methyl sites for hydroxylation is 1. The van der Waals surface area contributed by atoms with E-state index in [1.54, 1.807) is 0 Å². The van der Waals surface area contributed by atoms with Crippen LogP contribution in [0, 0.1) is 11.6 Å². The molecule has 0 saturated heterocycles. The first-order valence-corrected chi connectivity index (χ1v) is 15.3. The van der Waals surface area contributed by atoms with E-state index in [1.165, 1.54) is 6.07 Å². The lowest BCUT2D eigenvalue weighted by Crippen LogP contribution is -2.33. The van der Waals surface area contributed by atoms with E-state index in [9.17, 15) is 45.8 Å². The Labute approximate surface area is 236 Å². The second-order valence-corrected chi connectivity index (χ2v) is 12.7. The van der Waals surface area contributed by atoms with E-state index in [-0.39, 0.29) is 18.6 Å². The van der Waals surface area contributed by atoms with Crippen LogP contribution in [0.1, 0.15) is 75.8 Å². The number of unbranched alkanes of at least 4 members (excludes halogenated alkanes) is 5. The second-order valence-electron chi connectivity index (χ2n) is 10.3. The van der Waals surface area contributed by atoms with Crippen molar-refractivity contribution in [3.05, 3.63) is 70.8 Å². The van der Waals surface area contributed by atoms with Crippen molar-refractivity contribution in [1.82, 2.24) is 0 Å². The summed E-state index contributed by atoms with van der Waals surface area (Å²) in [7, 11) is -10.4. The Morgan fingerprint density at radius 1 is 0.810 bits per heavy atom. The van der Waals surface area contributed by atoms with Crippen molar-refractivity contribution in [3.8, 4) is 5.75 Å². The SMILES string of the molecule is CCCCCCCCc1ccc(C(F)(F)OC2CC=C(C(F)(F)Oc3ccc(S(F)(F)(F)(F)F)c(F)c3)CC2)c(F)c1. The monoisotopic (exact) mass is 640 g/mol. The number of hydrogen-bond donors (Lipinski definition) is 0. The smallest absolute Gasteiger partial charge is 0.422 e.